The van der Waals surface area contributed by atoms with E-state index in [4.69, 9.17) is 4.52 Å². The first-order valence-electron chi connectivity index (χ1n) is 11.5. The molecule has 170 valence electrons. The van der Waals surface area contributed by atoms with Gasteiger partial charge in [0.2, 0.25) is 0 Å². The van der Waals surface area contributed by atoms with Gasteiger partial charge in [-0.05, 0) is 31.9 Å². The van der Waals surface area contributed by atoms with E-state index in [1.54, 1.807) is 0 Å². The maximum Gasteiger partial charge on any atom is 0.191 e. The molecule has 1 unspecified atom stereocenters. The zero-order chi connectivity index (χ0) is 22.1. The molecule has 1 aliphatic rings. The van der Waals surface area contributed by atoms with Crippen molar-refractivity contribution < 1.29 is 4.52 Å². The van der Waals surface area contributed by atoms with Gasteiger partial charge in [0.25, 0.3) is 0 Å². The molecule has 2 N–H and O–H groups in total. The Bertz CT molecular complexity index is 803. The smallest absolute Gasteiger partial charge is 0.191 e. The zero-order valence-corrected chi connectivity index (χ0v) is 19.5. The number of nitrogens with zero attached hydrogens (tertiary/aromatic N) is 4. The summed E-state index contributed by atoms with van der Waals surface area (Å²) in [7, 11) is 2.21. The SMILES string of the molecule is CCNC(=NCc1cc(C(C)C)no1)NCCCN1CCN(C)CC1c1ccccc1. The van der Waals surface area contributed by atoms with Gasteiger partial charge in [0.1, 0.15) is 6.54 Å². The van der Waals surface area contributed by atoms with Gasteiger partial charge in [0.05, 0.1) is 5.69 Å². The maximum atomic E-state index is 5.40. The number of aliphatic imine (C=N–C) groups is 1. The molecule has 31 heavy (non-hydrogen) atoms. The van der Waals surface area contributed by atoms with Crippen molar-refractivity contribution in [1.82, 2.24) is 25.6 Å². The molecular formula is C24H38N6O. The molecule has 1 saturated heterocycles. The molecule has 1 aliphatic heterocycles. The third kappa shape index (κ3) is 7.08. The Labute approximate surface area is 186 Å². The highest BCUT2D eigenvalue weighted by Crippen LogP contribution is 2.24. The summed E-state index contributed by atoms with van der Waals surface area (Å²) < 4.78 is 5.40. The van der Waals surface area contributed by atoms with Gasteiger partial charge in [0, 0.05) is 51.4 Å². The second kappa shape index (κ2) is 11.9. The number of rotatable bonds is 9. The summed E-state index contributed by atoms with van der Waals surface area (Å²) in [6.45, 7) is 12.9. The van der Waals surface area contributed by atoms with Gasteiger partial charge >= 0.3 is 0 Å². The molecule has 2 heterocycles. The number of benzene rings is 1. The van der Waals surface area contributed by atoms with Crippen LogP contribution in [-0.2, 0) is 6.54 Å². The number of guanidine groups is 1. The van der Waals surface area contributed by atoms with E-state index in [-0.39, 0.29) is 0 Å². The van der Waals surface area contributed by atoms with Crippen molar-refractivity contribution in [2.24, 2.45) is 4.99 Å². The quantitative estimate of drug-likeness (QED) is 0.365. The first-order valence-corrected chi connectivity index (χ1v) is 11.5. The monoisotopic (exact) mass is 426 g/mol. The predicted octanol–water partition coefficient (Wildman–Crippen LogP) is 3.23. The number of aromatic nitrogens is 1. The Morgan fingerprint density at radius 2 is 2.03 bits per heavy atom. The second-order valence-corrected chi connectivity index (χ2v) is 8.57. The molecule has 0 bridgehead atoms. The number of nitrogens with one attached hydrogen (secondary N) is 2. The van der Waals surface area contributed by atoms with Gasteiger partial charge in [-0.25, -0.2) is 4.99 Å². The van der Waals surface area contributed by atoms with Crippen molar-refractivity contribution in [2.75, 3.05) is 46.3 Å². The van der Waals surface area contributed by atoms with Gasteiger partial charge in [-0.3, -0.25) is 4.90 Å². The molecule has 1 aromatic carbocycles. The number of hydrogen-bond donors (Lipinski definition) is 2. The Balaban J connectivity index is 1.49. The summed E-state index contributed by atoms with van der Waals surface area (Å²) in [5, 5.41) is 10.9. The summed E-state index contributed by atoms with van der Waals surface area (Å²) in [6, 6.07) is 13.3. The van der Waals surface area contributed by atoms with Crippen LogP contribution in [0.2, 0.25) is 0 Å². The Hall–Kier alpha value is -2.38. The minimum atomic E-state index is 0.363. The van der Waals surface area contributed by atoms with Crippen LogP contribution in [0.1, 0.15) is 56.2 Å². The van der Waals surface area contributed by atoms with Crippen LogP contribution in [-0.4, -0.2) is 67.2 Å². The van der Waals surface area contributed by atoms with Gasteiger partial charge < -0.3 is 20.1 Å². The van der Waals surface area contributed by atoms with Crippen molar-refractivity contribution in [3.05, 3.63) is 53.4 Å². The van der Waals surface area contributed by atoms with Crippen molar-refractivity contribution in [2.45, 2.75) is 45.7 Å². The van der Waals surface area contributed by atoms with E-state index < -0.39 is 0 Å². The second-order valence-electron chi connectivity index (χ2n) is 8.57. The molecule has 7 heteroatoms. The van der Waals surface area contributed by atoms with E-state index in [0.717, 1.165) is 63.1 Å². The van der Waals surface area contributed by atoms with Gasteiger partial charge in [0.15, 0.2) is 11.7 Å². The molecule has 2 aromatic rings. The number of hydrogen-bond acceptors (Lipinski definition) is 5. The van der Waals surface area contributed by atoms with Crippen molar-refractivity contribution >= 4 is 5.96 Å². The average Bonchev–Trinajstić information content (AvgIpc) is 3.26. The van der Waals surface area contributed by atoms with Crippen LogP contribution in [0.15, 0.2) is 45.9 Å². The topological polar surface area (TPSA) is 68.9 Å². The lowest BCUT2D eigenvalue weighted by Crippen LogP contribution is -2.47. The van der Waals surface area contributed by atoms with E-state index in [0.29, 0.717) is 18.5 Å². The molecule has 0 aliphatic carbocycles. The fourth-order valence-electron chi connectivity index (χ4n) is 3.88. The van der Waals surface area contributed by atoms with Crippen LogP contribution in [0, 0.1) is 0 Å². The molecule has 3 rings (SSSR count). The third-order valence-corrected chi connectivity index (χ3v) is 5.70. The minimum absolute atomic E-state index is 0.363. The summed E-state index contributed by atoms with van der Waals surface area (Å²) in [6.07, 6.45) is 1.07. The highest BCUT2D eigenvalue weighted by molar-refractivity contribution is 5.79. The molecule has 0 amide bonds. The van der Waals surface area contributed by atoms with Crippen LogP contribution in [0.25, 0.3) is 0 Å². The fourth-order valence-corrected chi connectivity index (χ4v) is 3.88. The lowest BCUT2D eigenvalue weighted by Gasteiger charge is -2.40. The standard InChI is InChI=1S/C24H38N6O/c1-5-25-24(27-17-21-16-22(19(2)3)28-31-21)26-12-9-13-30-15-14-29(4)18-23(30)20-10-7-6-8-11-20/h6-8,10-11,16,19,23H,5,9,12-15,17-18H2,1-4H3,(H2,25,26,27). The first-order chi connectivity index (χ1) is 15.1. The number of piperazine rings is 1. The summed E-state index contributed by atoms with van der Waals surface area (Å²) in [5.74, 6) is 1.98. The Kier molecular flexibility index (Phi) is 8.91. The third-order valence-electron chi connectivity index (χ3n) is 5.70. The van der Waals surface area contributed by atoms with Gasteiger partial charge in [-0.1, -0.05) is 49.3 Å². The van der Waals surface area contributed by atoms with Crippen LogP contribution < -0.4 is 10.6 Å². The highest BCUT2D eigenvalue weighted by atomic mass is 16.5. The van der Waals surface area contributed by atoms with Crippen LogP contribution in [0.4, 0.5) is 0 Å². The summed E-state index contributed by atoms with van der Waals surface area (Å²) >= 11 is 0. The van der Waals surface area contributed by atoms with Gasteiger partial charge in [-0.2, -0.15) is 0 Å². The van der Waals surface area contributed by atoms with Crippen LogP contribution in [0.5, 0.6) is 0 Å². The zero-order valence-electron chi connectivity index (χ0n) is 19.5. The molecule has 1 fully saturated rings. The maximum absolute atomic E-state index is 5.40. The Morgan fingerprint density at radius 1 is 1.23 bits per heavy atom. The molecule has 0 saturated carbocycles. The predicted molar refractivity (Wildman–Crippen MR) is 126 cm³/mol. The summed E-state index contributed by atoms with van der Waals surface area (Å²) in [4.78, 5) is 9.69. The van der Waals surface area contributed by atoms with Crippen molar-refractivity contribution in [3.63, 3.8) is 0 Å². The number of likely N-dealkylation sites (N-methyl/N-ethyl adjacent to an activating group) is 1. The van der Waals surface area contributed by atoms with E-state index >= 15 is 0 Å². The lowest BCUT2D eigenvalue weighted by atomic mass is 10.0. The van der Waals surface area contributed by atoms with E-state index in [9.17, 15) is 0 Å². The van der Waals surface area contributed by atoms with Crippen LogP contribution >= 0.6 is 0 Å². The first kappa shape index (κ1) is 23.3. The Morgan fingerprint density at radius 3 is 2.74 bits per heavy atom. The van der Waals surface area contributed by atoms with E-state index in [1.165, 1.54) is 5.56 Å². The molecule has 0 radical (unpaired) electrons. The highest BCUT2D eigenvalue weighted by Gasteiger charge is 2.25. The molecule has 1 atom stereocenters. The van der Waals surface area contributed by atoms with E-state index in [2.05, 4.69) is 88.7 Å². The molecule has 0 spiro atoms. The van der Waals surface area contributed by atoms with E-state index in [1.807, 2.05) is 6.07 Å². The lowest BCUT2D eigenvalue weighted by molar-refractivity contribution is 0.0891. The molecule has 7 nitrogen and oxygen atoms in total. The average molecular weight is 427 g/mol. The van der Waals surface area contributed by atoms with Crippen molar-refractivity contribution in [3.8, 4) is 0 Å². The van der Waals surface area contributed by atoms with Crippen LogP contribution in [0.3, 0.4) is 0 Å². The molecule has 1 aromatic heterocycles. The molecular weight excluding hydrogens is 388 g/mol. The fraction of sp³-hybridized carbons (Fsp3) is 0.583. The normalized spacial score (nSPS) is 18.5. The minimum Gasteiger partial charge on any atom is -0.359 e. The van der Waals surface area contributed by atoms with Crippen molar-refractivity contribution in [1.29, 1.82) is 0 Å². The van der Waals surface area contributed by atoms with Gasteiger partial charge in [-0.15, -0.1) is 0 Å². The summed E-state index contributed by atoms with van der Waals surface area (Å²) in [5.41, 5.74) is 2.38. The largest absolute Gasteiger partial charge is 0.359 e.